The Balaban J connectivity index is 1.45. The maximum atomic E-state index is 12.7. The van der Waals surface area contributed by atoms with Gasteiger partial charge < -0.3 is 20.5 Å². The molecule has 8 heteroatoms. The summed E-state index contributed by atoms with van der Waals surface area (Å²) in [6, 6.07) is 7.76. The summed E-state index contributed by atoms with van der Waals surface area (Å²) in [7, 11) is 0. The van der Waals surface area contributed by atoms with Crippen molar-refractivity contribution in [3.8, 4) is 0 Å². The fourth-order valence-electron chi connectivity index (χ4n) is 3.34. The number of nitrogens with one attached hydrogen (secondary N) is 3. The first-order valence-electron chi connectivity index (χ1n) is 8.86. The van der Waals surface area contributed by atoms with E-state index in [1.165, 1.54) is 6.07 Å². The van der Waals surface area contributed by atoms with E-state index in [9.17, 15) is 14.4 Å². The molecule has 2 heterocycles. The first kappa shape index (κ1) is 17.6. The number of ketones is 1. The van der Waals surface area contributed by atoms with Crippen LogP contribution in [0.5, 0.6) is 0 Å². The lowest BCUT2D eigenvalue weighted by atomic mass is 10.1. The second-order valence-electron chi connectivity index (χ2n) is 6.88. The van der Waals surface area contributed by atoms with Gasteiger partial charge >= 0.3 is 6.03 Å². The number of nitrogens with zero attached hydrogens (tertiary/aromatic N) is 1. The third kappa shape index (κ3) is 3.83. The molecule has 2 fully saturated rings. The van der Waals surface area contributed by atoms with Crippen LogP contribution >= 0.6 is 11.6 Å². The van der Waals surface area contributed by atoms with E-state index >= 15 is 0 Å². The van der Waals surface area contributed by atoms with Crippen molar-refractivity contribution in [3.63, 3.8) is 0 Å². The Hall–Kier alpha value is -2.80. The first-order valence-corrected chi connectivity index (χ1v) is 9.23. The molecule has 1 atom stereocenters. The Kier molecular flexibility index (Phi) is 4.61. The Morgan fingerprint density at radius 3 is 2.74 bits per heavy atom. The topological polar surface area (TPSA) is 94.3 Å². The number of rotatable bonds is 5. The average Bonchev–Trinajstić information content (AvgIpc) is 3.19. The van der Waals surface area contributed by atoms with Crippen LogP contribution in [0.1, 0.15) is 35.3 Å². The maximum Gasteiger partial charge on any atom is 0.319 e. The quantitative estimate of drug-likeness (QED) is 0.689. The van der Waals surface area contributed by atoms with Crippen molar-refractivity contribution in [2.75, 3.05) is 11.9 Å². The highest BCUT2D eigenvalue weighted by Gasteiger charge is 2.39. The van der Waals surface area contributed by atoms with Crippen molar-refractivity contribution < 1.29 is 14.4 Å². The SMILES string of the molecule is O=C(Nc1ccc(Cl)cc1C(=O)c1ccc[nH]1)N[C@@H]1CC(=O)N(C2CC2)C1. The third-order valence-electron chi connectivity index (χ3n) is 4.80. The average molecular weight is 387 g/mol. The van der Waals surface area contributed by atoms with Crippen LogP contribution in [-0.2, 0) is 4.79 Å². The van der Waals surface area contributed by atoms with Crippen molar-refractivity contribution in [3.05, 3.63) is 52.8 Å². The summed E-state index contributed by atoms with van der Waals surface area (Å²) in [4.78, 5) is 41.8. The minimum Gasteiger partial charge on any atom is -0.359 e. The van der Waals surface area contributed by atoms with Crippen molar-refractivity contribution in [2.45, 2.75) is 31.3 Å². The van der Waals surface area contributed by atoms with Gasteiger partial charge in [0.25, 0.3) is 0 Å². The molecule has 2 aliphatic rings. The number of H-pyrrole nitrogens is 1. The molecule has 1 saturated heterocycles. The lowest BCUT2D eigenvalue weighted by Crippen LogP contribution is -2.40. The van der Waals surface area contributed by atoms with Gasteiger partial charge in [0.15, 0.2) is 0 Å². The molecule has 1 aromatic heterocycles. The molecule has 0 radical (unpaired) electrons. The number of anilines is 1. The van der Waals surface area contributed by atoms with Crippen molar-refractivity contribution in [1.82, 2.24) is 15.2 Å². The molecule has 0 bridgehead atoms. The number of carbonyl (C=O) groups is 3. The monoisotopic (exact) mass is 386 g/mol. The van der Waals surface area contributed by atoms with Crippen molar-refractivity contribution in [2.24, 2.45) is 0 Å². The van der Waals surface area contributed by atoms with Crippen LogP contribution in [0.4, 0.5) is 10.5 Å². The molecular formula is C19H19ClN4O3. The number of carbonyl (C=O) groups excluding carboxylic acids is 3. The van der Waals surface area contributed by atoms with E-state index in [-0.39, 0.29) is 17.7 Å². The molecule has 0 spiro atoms. The highest BCUT2D eigenvalue weighted by molar-refractivity contribution is 6.31. The number of aromatic amines is 1. The second kappa shape index (κ2) is 7.08. The van der Waals surface area contributed by atoms with E-state index in [1.807, 2.05) is 4.90 Å². The number of aromatic nitrogens is 1. The van der Waals surface area contributed by atoms with Crippen LogP contribution in [0, 0.1) is 0 Å². The summed E-state index contributed by atoms with van der Waals surface area (Å²) >= 11 is 6.03. The Morgan fingerprint density at radius 1 is 1.22 bits per heavy atom. The van der Waals surface area contributed by atoms with E-state index < -0.39 is 6.03 Å². The molecule has 7 nitrogen and oxygen atoms in total. The zero-order valence-corrected chi connectivity index (χ0v) is 15.3. The molecule has 140 valence electrons. The zero-order valence-electron chi connectivity index (χ0n) is 14.5. The van der Waals surface area contributed by atoms with Crippen molar-refractivity contribution in [1.29, 1.82) is 0 Å². The van der Waals surface area contributed by atoms with Gasteiger partial charge in [-0.3, -0.25) is 9.59 Å². The van der Waals surface area contributed by atoms with Crippen LogP contribution in [-0.4, -0.2) is 46.2 Å². The van der Waals surface area contributed by atoms with Crippen LogP contribution in [0.3, 0.4) is 0 Å². The predicted octanol–water partition coefficient (Wildman–Crippen LogP) is 2.78. The van der Waals surface area contributed by atoms with E-state index in [0.717, 1.165) is 12.8 Å². The molecule has 1 aromatic carbocycles. The summed E-state index contributed by atoms with van der Waals surface area (Å²) < 4.78 is 0. The summed E-state index contributed by atoms with van der Waals surface area (Å²) in [5.74, 6) is -0.189. The minimum absolute atomic E-state index is 0.0805. The number of urea groups is 1. The molecule has 2 aromatic rings. The van der Waals surface area contributed by atoms with Gasteiger partial charge in [-0.15, -0.1) is 0 Å². The lowest BCUT2D eigenvalue weighted by Gasteiger charge is -2.17. The fraction of sp³-hybridized carbons (Fsp3) is 0.316. The van der Waals surface area contributed by atoms with E-state index in [0.29, 0.717) is 41.0 Å². The fourth-order valence-corrected chi connectivity index (χ4v) is 3.51. The lowest BCUT2D eigenvalue weighted by molar-refractivity contribution is -0.128. The number of hydrogen-bond acceptors (Lipinski definition) is 3. The van der Waals surface area contributed by atoms with E-state index in [2.05, 4.69) is 15.6 Å². The standard InChI is InChI=1S/C19H19ClN4O3/c20-11-3-6-15(14(8-11)18(26)16-2-1-7-21-16)23-19(27)22-12-9-17(25)24(10-12)13-4-5-13/h1-3,6-8,12-13,21H,4-5,9-10H2,(H2,22,23,27)/t12-/m1/s1. The Morgan fingerprint density at radius 2 is 2.04 bits per heavy atom. The molecule has 1 aliphatic heterocycles. The van der Waals surface area contributed by atoms with Gasteiger partial charge in [-0.1, -0.05) is 11.6 Å². The van der Waals surface area contributed by atoms with E-state index in [4.69, 9.17) is 11.6 Å². The number of amides is 3. The summed E-state index contributed by atoms with van der Waals surface area (Å²) in [6.45, 7) is 0.534. The third-order valence-corrected chi connectivity index (χ3v) is 5.03. The van der Waals surface area contributed by atoms with Crippen LogP contribution in [0.25, 0.3) is 0 Å². The van der Waals surface area contributed by atoms with Gasteiger partial charge in [0, 0.05) is 35.8 Å². The molecule has 0 unspecified atom stereocenters. The van der Waals surface area contributed by atoms with Crippen molar-refractivity contribution >= 4 is 35.0 Å². The van der Waals surface area contributed by atoms with Crippen LogP contribution < -0.4 is 10.6 Å². The molecule has 1 saturated carbocycles. The maximum absolute atomic E-state index is 12.7. The predicted molar refractivity (Wildman–Crippen MR) is 101 cm³/mol. The molecule has 3 N–H and O–H groups in total. The minimum atomic E-state index is -0.451. The molecule has 3 amide bonds. The molecular weight excluding hydrogens is 368 g/mol. The highest BCUT2D eigenvalue weighted by Crippen LogP contribution is 2.30. The first-order chi connectivity index (χ1) is 13.0. The number of halogens is 1. The number of hydrogen-bond donors (Lipinski definition) is 3. The Bertz CT molecular complexity index is 892. The molecule has 27 heavy (non-hydrogen) atoms. The normalized spacial score (nSPS) is 19.2. The van der Waals surface area contributed by atoms with E-state index in [1.54, 1.807) is 30.5 Å². The zero-order chi connectivity index (χ0) is 19.0. The molecule has 4 rings (SSSR count). The van der Waals surface area contributed by atoms with Crippen LogP contribution in [0.2, 0.25) is 5.02 Å². The number of likely N-dealkylation sites (tertiary alicyclic amines) is 1. The smallest absolute Gasteiger partial charge is 0.319 e. The van der Waals surface area contributed by atoms with Gasteiger partial charge in [-0.05, 0) is 43.2 Å². The second-order valence-corrected chi connectivity index (χ2v) is 7.32. The van der Waals surface area contributed by atoms with Crippen LogP contribution in [0.15, 0.2) is 36.5 Å². The number of benzene rings is 1. The van der Waals surface area contributed by atoms with Gasteiger partial charge in [0.2, 0.25) is 11.7 Å². The van der Waals surface area contributed by atoms with Gasteiger partial charge in [-0.2, -0.15) is 0 Å². The summed E-state index contributed by atoms with van der Waals surface area (Å²) in [5.41, 5.74) is 1.06. The van der Waals surface area contributed by atoms with Gasteiger partial charge in [-0.25, -0.2) is 4.79 Å². The Labute approximate surface area is 161 Å². The summed E-state index contributed by atoms with van der Waals surface area (Å²) in [6.07, 6.45) is 4.04. The summed E-state index contributed by atoms with van der Waals surface area (Å²) in [5, 5.41) is 5.93. The molecule has 1 aliphatic carbocycles. The van der Waals surface area contributed by atoms with Gasteiger partial charge in [0.1, 0.15) is 0 Å². The highest BCUT2D eigenvalue weighted by atomic mass is 35.5. The van der Waals surface area contributed by atoms with Gasteiger partial charge in [0.05, 0.1) is 17.4 Å². The largest absolute Gasteiger partial charge is 0.359 e.